The second kappa shape index (κ2) is 3.67. The van der Waals surface area contributed by atoms with Crippen molar-refractivity contribution in [1.82, 2.24) is 0 Å². The maximum Gasteiger partial charge on any atom is 0.236 e. The first kappa shape index (κ1) is 9.87. The molecule has 1 atom stereocenters. The molecule has 2 nitrogen and oxygen atoms in total. The van der Waals surface area contributed by atoms with E-state index in [1.807, 2.05) is 0 Å². The van der Waals surface area contributed by atoms with Crippen molar-refractivity contribution >= 4 is 0 Å². The number of hydrogen-bond acceptors (Lipinski definition) is 2. The number of nitrogens with zero attached hydrogens (tertiary/aromatic N) is 1. The Morgan fingerprint density at radius 3 is 3.00 bits per heavy atom. The maximum absolute atomic E-state index is 13.5. The molecule has 0 bridgehead atoms. The lowest BCUT2D eigenvalue weighted by molar-refractivity contribution is -0.104. The van der Waals surface area contributed by atoms with Crippen LogP contribution < -0.4 is 0 Å². The van der Waals surface area contributed by atoms with Gasteiger partial charge in [0.05, 0.1) is 18.1 Å². The van der Waals surface area contributed by atoms with Crippen LogP contribution in [0.4, 0.5) is 8.78 Å². The summed E-state index contributed by atoms with van der Waals surface area (Å²) in [4.78, 5) is 0. The van der Waals surface area contributed by atoms with Gasteiger partial charge in [-0.05, 0) is 19.1 Å². The lowest BCUT2D eigenvalue weighted by atomic mass is 10.0. The molecule has 0 saturated heterocycles. The number of nitriles is 1. The van der Waals surface area contributed by atoms with Crippen molar-refractivity contribution in [2.24, 2.45) is 0 Å². The van der Waals surface area contributed by atoms with Gasteiger partial charge in [-0.15, -0.1) is 0 Å². The van der Waals surface area contributed by atoms with Crippen molar-refractivity contribution in [1.29, 1.82) is 5.26 Å². The van der Waals surface area contributed by atoms with Gasteiger partial charge in [-0.1, -0.05) is 0 Å². The third kappa shape index (κ3) is 2.36. The predicted molar refractivity (Wildman–Crippen MR) is 43.0 cm³/mol. The number of hydrogen-bond donors (Lipinski definition) is 0. The highest BCUT2D eigenvalue weighted by Crippen LogP contribution is 2.31. The molecule has 0 fully saturated rings. The van der Waals surface area contributed by atoms with Crippen molar-refractivity contribution in [2.75, 3.05) is 6.61 Å². The van der Waals surface area contributed by atoms with Crippen LogP contribution in [0, 0.1) is 11.3 Å². The highest BCUT2D eigenvalue weighted by Gasteiger charge is 2.32. The molecule has 1 aliphatic rings. The zero-order chi connectivity index (χ0) is 9.90. The molecule has 1 rings (SSSR count). The average Bonchev–Trinajstić information content (AvgIpc) is 2.02. The molecule has 70 valence electrons. The Hall–Kier alpha value is -1.21. The molecule has 4 heteroatoms. The monoisotopic (exact) mass is 185 g/mol. The van der Waals surface area contributed by atoms with Crippen molar-refractivity contribution in [3.63, 3.8) is 0 Å². The lowest BCUT2D eigenvalue weighted by Crippen LogP contribution is -2.26. The molecule has 0 aromatic heterocycles. The maximum atomic E-state index is 13.5. The number of rotatable bonds is 2. The number of alkyl halides is 1. The van der Waals surface area contributed by atoms with Gasteiger partial charge in [-0.25, -0.2) is 8.78 Å². The van der Waals surface area contributed by atoms with Gasteiger partial charge in [0.1, 0.15) is 5.83 Å². The molecule has 0 aromatic carbocycles. The van der Waals surface area contributed by atoms with Gasteiger partial charge in [0.15, 0.2) is 0 Å². The Kier molecular flexibility index (Phi) is 2.79. The molecule has 0 N–H and O–H groups in total. The quantitative estimate of drug-likeness (QED) is 0.661. The summed E-state index contributed by atoms with van der Waals surface area (Å²) in [5.74, 6) is -2.83. The van der Waals surface area contributed by atoms with Crippen LogP contribution in [0.5, 0.6) is 0 Å². The largest absolute Gasteiger partial charge is 0.343 e. The van der Waals surface area contributed by atoms with Crippen molar-refractivity contribution < 1.29 is 13.5 Å². The van der Waals surface area contributed by atoms with Crippen LogP contribution in [-0.4, -0.2) is 12.5 Å². The zero-order valence-electron chi connectivity index (χ0n) is 7.18. The Morgan fingerprint density at radius 1 is 1.77 bits per heavy atom. The third-order valence-electron chi connectivity index (χ3n) is 1.61. The van der Waals surface area contributed by atoms with Gasteiger partial charge in [-0.3, -0.25) is 0 Å². The van der Waals surface area contributed by atoms with E-state index in [9.17, 15) is 8.78 Å². The standard InChI is InChI=1S/C9H9F2NO/c1-2-13-9(11)4-7(6-12)3-8(10)5-9/h3-4H,2,5H2,1H3. The van der Waals surface area contributed by atoms with E-state index in [2.05, 4.69) is 0 Å². The molecule has 0 heterocycles. The highest BCUT2D eigenvalue weighted by molar-refractivity contribution is 5.39. The van der Waals surface area contributed by atoms with Crippen molar-refractivity contribution in [3.05, 3.63) is 23.6 Å². The molecular weight excluding hydrogens is 176 g/mol. The van der Waals surface area contributed by atoms with Gasteiger partial charge >= 0.3 is 0 Å². The minimum Gasteiger partial charge on any atom is -0.343 e. The van der Waals surface area contributed by atoms with Crippen molar-refractivity contribution in [3.8, 4) is 6.07 Å². The Balaban J connectivity index is 2.89. The topological polar surface area (TPSA) is 33.0 Å². The first-order valence-corrected chi connectivity index (χ1v) is 3.91. The van der Waals surface area contributed by atoms with Crippen LogP contribution >= 0.6 is 0 Å². The van der Waals surface area contributed by atoms with Crippen LogP contribution in [0.2, 0.25) is 0 Å². The number of allylic oxidation sites excluding steroid dienone is 2. The molecule has 0 amide bonds. The lowest BCUT2D eigenvalue weighted by Gasteiger charge is -2.23. The smallest absolute Gasteiger partial charge is 0.236 e. The Morgan fingerprint density at radius 2 is 2.46 bits per heavy atom. The van der Waals surface area contributed by atoms with Crippen molar-refractivity contribution in [2.45, 2.75) is 19.2 Å². The molecule has 0 saturated carbocycles. The van der Waals surface area contributed by atoms with Gasteiger partial charge in [0.25, 0.3) is 0 Å². The summed E-state index contributed by atoms with van der Waals surface area (Å²) >= 11 is 0. The molecule has 0 aliphatic heterocycles. The van der Waals surface area contributed by atoms with E-state index in [4.69, 9.17) is 10.00 Å². The molecular formula is C9H9F2NO. The fourth-order valence-corrected chi connectivity index (χ4v) is 1.17. The SMILES string of the molecule is CCOC1(F)C=C(C#N)C=C(F)C1. The average molecular weight is 185 g/mol. The molecule has 1 unspecified atom stereocenters. The fourth-order valence-electron chi connectivity index (χ4n) is 1.17. The van der Waals surface area contributed by atoms with E-state index in [1.165, 1.54) is 0 Å². The van der Waals surface area contributed by atoms with Crippen LogP contribution in [0.1, 0.15) is 13.3 Å². The Labute approximate surface area is 75.1 Å². The van der Waals surface area contributed by atoms with E-state index >= 15 is 0 Å². The second-order valence-electron chi connectivity index (χ2n) is 2.70. The summed E-state index contributed by atoms with van der Waals surface area (Å²) in [6.07, 6.45) is 1.56. The summed E-state index contributed by atoms with van der Waals surface area (Å²) in [5.41, 5.74) is -0.0419. The summed E-state index contributed by atoms with van der Waals surface area (Å²) in [7, 11) is 0. The van der Waals surface area contributed by atoms with E-state index in [0.29, 0.717) is 0 Å². The van der Waals surface area contributed by atoms with E-state index in [1.54, 1.807) is 13.0 Å². The first-order chi connectivity index (χ1) is 6.09. The third-order valence-corrected chi connectivity index (χ3v) is 1.61. The number of ether oxygens (including phenoxy) is 1. The van der Waals surface area contributed by atoms with Gasteiger partial charge < -0.3 is 4.74 Å². The summed E-state index contributed by atoms with van der Waals surface area (Å²) in [5, 5.41) is 8.46. The van der Waals surface area contributed by atoms with Gasteiger partial charge in [-0.2, -0.15) is 5.26 Å². The molecule has 0 spiro atoms. The van der Waals surface area contributed by atoms with Crippen LogP contribution in [0.3, 0.4) is 0 Å². The predicted octanol–water partition coefficient (Wildman–Crippen LogP) is 2.40. The summed E-state index contributed by atoms with van der Waals surface area (Å²) < 4.78 is 31.0. The van der Waals surface area contributed by atoms with E-state index in [-0.39, 0.29) is 12.2 Å². The normalized spacial score (nSPS) is 27.5. The highest BCUT2D eigenvalue weighted by atomic mass is 19.2. The van der Waals surface area contributed by atoms with Crippen LogP contribution in [-0.2, 0) is 4.74 Å². The minimum absolute atomic E-state index is 0.0419. The fraction of sp³-hybridized carbons (Fsp3) is 0.444. The summed E-state index contributed by atoms with van der Waals surface area (Å²) in [6.45, 7) is 1.75. The minimum atomic E-state index is -2.15. The van der Waals surface area contributed by atoms with Gasteiger partial charge in [0, 0.05) is 6.61 Å². The van der Waals surface area contributed by atoms with Crippen LogP contribution in [0.15, 0.2) is 23.6 Å². The van der Waals surface area contributed by atoms with E-state index < -0.39 is 18.1 Å². The first-order valence-electron chi connectivity index (χ1n) is 3.91. The Bertz CT molecular complexity index is 303. The molecule has 1 aliphatic carbocycles. The van der Waals surface area contributed by atoms with E-state index in [0.717, 1.165) is 12.2 Å². The molecule has 13 heavy (non-hydrogen) atoms. The molecule has 0 radical (unpaired) electrons. The molecule has 0 aromatic rings. The van der Waals surface area contributed by atoms with Crippen LogP contribution in [0.25, 0.3) is 0 Å². The van der Waals surface area contributed by atoms with Gasteiger partial charge in [0.2, 0.25) is 5.85 Å². The number of halogens is 2. The zero-order valence-corrected chi connectivity index (χ0v) is 7.18. The second-order valence-corrected chi connectivity index (χ2v) is 2.70. The summed E-state index contributed by atoms with van der Waals surface area (Å²) in [6, 6.07) is 1.67.